The Morgan fingerprint density at radius 1 is 1.09 bits per heavy atom. The van der Waals surface area contributed by atoms with Crippen molar-refractivity contribution in [1.82, 2.24) is 4.90 Å². The Labute approximate surface area is 183 Å². The van der Waals surface area contributed by atoms with E-state index in [4.69, 9.17) is 5.73 Å². The quantitative estimate of drug-likeness (QED) is 0.395. The van der Waals surface area contributed by atoms with Crippen molar-refractivity contribution in [1.29, 1.82) is 0 Å². The molecule has 3 aliphatic carbocycles. The van der Waals surface area contributed by atoms with Crippen LogP contribution in [0.25, 0.3) is 0 Å². The van der Waals surface area contributed by atoms with Crippen LogP contribution in [0.2, 0.25) is 0 Å². The van der Waals surface area contributed by atoms with Gasteiger partial charge in [-0.05, 0) is 37.8 Å². The van der Waals surface area contributed by atoms with Gasteiger partial charge in [-0.3, -0.25) is 19.2 Å². The lowest BCUT2D eigenvalue weighted by atomic mass is 9.59. The number of allylic oxidation sites excluding steroid dienone is 6. The maximum atomic E-state index is 13.1. The standard InChI is InChI=1S/C24H20N2O6/c1-10-8-17(28)20-15(21(10)29)9-14-11(18(20)12-4-2-3-5-16(12)27)6-7-13-19(14)23(31)26(22(13)30)24(25)32/h2-6,8,13-14,18-19,27H,7,9H2,1H3,(H2,25,32)/t13-,14+,18+,19-/m0/s1. The number of aromatic hydroxyl groups is 1. The molecule has 32 heavy (non-hydrogen) atoms. The van der Waals surface area contributed by atoms with E-state index in [0.717, 1.165) is 0 Å². The van der Waals surface area contributed by atoms with Crippen LogP contribution in [0.3, 0.4) is 0 Å². The summed E-state index contributed by atoms with van der Waals surface area (Å²) in [4.78, 5) is 64.2. The van der Waals surface area contributed by atoms with Crippen LogP contribution in [-0.2, 0) is 19.2 Å². The topological polar surface area (TPSA) is 135 Å². The van der Waals surface area contributed by atoms with Crippen LogP contribution in [0.15, 0.2) is 58.7 Å². The second kappa shape index (κ2) is 6.85. The number of likely N-dealkylation sites (tertiary alicyclic amines) is 1. The van der Waals surface area contributed by atoms with E-state index >= 15 is 0 Å². The number of hydrogen-bond donors (Lipinski definition) is 2. The van der Waals surface area contributed by atoms with Crippen molar-refractivity contribution in [2.75, 3.05) is 0 Å². The Morgan fingerprint density at radius 3 is 2.50 bits per heavy atom. The molecule has 0 saturated carbocycles. The summed E-state index contributed by atoms with van der Waals surface area (Å²) in [5.41, 5.74) is 7.33. The second-order valence-electron chi connectivity index (χ2n) is 8.64. The number of rotatable bonds is 1. The zero-order valence-electron chi connectivity index (χ0n) is 17.2. The maximum absolute atomic E-state index is 13.1. The molecule has 0 spiro atoms. The van der Waals surface area contributed by atoms with Crippen LogP contribution in [0.5, 0.6) is 5.75 Å². The SMILES string of the molecule is CC1=CC(=O)C2=C(C[C@@H]3C(=CC[C@@H]4C(=O)N(C(N)=O)C(=O)[C@@H]43)[C@@H]2c2ccccc2O)C1=O. The highest BCUT2D eigenvalue weighted by molar-refractivity contribution is 6.24. The van der Waals surface area contributed by atoms with E-state index < -0.39 is 41.5 Å². The van der Waals surface area contributed by atoms with Gasteiger partial charge >= 0.3 is 6.03 Å². The molecule has 1 aromatic carbocycles. The van der Waals surface area contributed by atoms with E-state index in [1.165, 1.54) is 12.1 Å². The molecule has 4 amide bonds. The molecular formula is C24H20N2O6. The monoisotopic (exact) mass is 432 g/mol. The Balaban J connectivity index is 1.71. The summed E-state index contributed by atoms with van der Waals surface area (Å²) in [5, 5.41) is 10.6. The van der Waals surface area contributed by atoms with Crippen molar-refractivity contribution < 1.29 is 29.1 Å². The van der Waals surface area contributed by atoms with Crippen molar-refractivity contribution in [3.8, 4) is 5.75 Å². The highest BCUT2D eigenvalue weighted by atomic mass is 16.3. The molecule has 1 aliphatic heterocycles. The normalized spacial score (nSPS) is 29.3. The van der Waals surface area contributed by atoms with Crippen molar-refractivity contribution in [3.63, 3.8) is 0 Å². The number of nitrogens with two attached hydrogens (primary N) is 1. The Bertz CT molecular complexity index is 1240. The summed E-state index contributed by atoms with van der Waals surface area (Å²) >= 11 is 0. The molecule has 0 aromatic heterocycles. The van der Waals surface area contributed by atoms with E-state index in [9.17, 15) is 29.1 Å². The fourth-order valence-electron chi connectivity index (χ4n) is 5.69. The number of phenolic OH excluding ortho intramolecular Hbond substituents is 1. The fraction of sp³-hybridized carbons (Fsp3) is 0.292. The molecule has 0 radical (unpaired) electrons. The minimum atomic E-state index is -1.12. The third-order valence-electron chi connectivity index (χ3n) is 7.03. The highest BCUT2D eigenvalue weighted by Crippen LogP contribution is 2.55. The number of hydrogen-bond acceptors (Lipinski definition) is 6. The predicted molar refractivity (Wildman–Crippen MR) is 111 cm³/mol. The van der Waals surface area contributed by atoms with E-state index in [-0.39, 0.29) is 30.2 Å². The van der Waals surface area contributed by atoms with Crippen LogP contribution in [0.1, 0.15) is 31.2 Å². The second-order valence-corrected chi connectivity index (χ2v) is 8.64. The average molecular weight is 432 g/mol. The number of Topliss-reactive ketones (excluding diaryl/α,β-unsaturated/α-hetero) is 1. The first-order chi connectivity index (χ1) is 15.2. The highest BCUT2D eigenvalue weighted by Gasteiger charge is 2.57. The number of amides is 4. The molecule has 4 atom stereocenters. The summed E-state index contributed by atoms with van der Waals surface area (Å²) in [6, 6.07) is 5.44. The van der Waals surface area contributed by atoms with Gasteiger partial charge in [-0.2, -0.15) is 4.90 Å². The average Bonchev–Trinajstić information content (AvgIpc) is 3.01. The minimum Gasteiger partial charge on any atom is -0.508 e. The Hall–Kier alpha value is -3.81. The summed E-state index contributed by atoms with van der Waals surface area (Å²) in [5.74, 6) is -4.84. The van der Waals surface area contributed by atoms with Gasteiger partial charge in [0.15, 0.2) is 11.6 Å². The lowest BCUT2D eigenvalue weighted by Crippen LogP contribution is -2.42. The molecule has 1 aromatic rings. The number of carbonyl (C=O) groups excluding carboxylic acids is 5. The van der Waals surface area contributed by atoms with Gasteiger partial charge in [-0.15, -0.1) is 0 Å². The summed E-state index contributed by atoms with van der Waals surface area (Å²) in [6.07, 6.45) is 3.42. The van der Waals surface area contributed by atoms with E-state index in [1.54, 1.807) is 25.1 Å². The number of phenols is 1. The predicted octanol–water partition coefficient (Wildman–Crippen LogP) is 1.90. The van der Waals surface area contributed by atoms with E-state index in [2.05, 4.69) is 0 Å². The van der Waals surface area contributed by atoms with Gasteiger partial charge in [-0.25, -0.2) is 4.79 Å². The van der Waals surface area contributed by atoms with E-state index in [0.29, 0.717) is 32.8 Å². The first-order valence-corrected chi connectivity index (χ1v) is 10.4. The molecule has 4 aliphatic rings. The molecule has 162 valence electrons. The zero-order chi connectivity index (χ0) is 22.9. The molecule has 1 fully saturated rings. The van der Waals surface area contributed by atoms with Gasteiger partial charge in [0.2, 0.25) is 11.8 Å². The number of urea groups is 1. The van der Waals surface area contributed by atoms with Crippen molar-refractivity contribution >= 4 is 29.4 Å². The molecule has 8 heteroatoms. The summed E-state index contributed by atoms with van der Waals surface area (Å²) in [7, 11) is 0. The van der Waals surface area contributed by atoms with Gasteiger partial charge in [0, 0.05) is 28.2 Å². The van der Waals surface area contributed by atoms with Crippen LogP contribution in [0, 0.1) is 17.8 Å². The maximum Gasteiger partial charge on any atom is 0.328 e. The molecule has 0 unspecified atom stereocenters. The van der Waals surface area contributed by atoms with Crippen LogP contribution >= 0.6 is 0 Å². The smallest absolute Gasteiger partial charge is 0.328 e. The molecule has 0 bridgehead atoms. The Kier molecular flexibility index (Phi) is 4.30. The van der Waals surface area contributed by atoms with Crippen molar-refractivity contribution in [2.24, 2.45) is 23.5 Å². The number of para-hydroxylation sites is 1. The molecule has 1 heterocycles. The first-order valence-electron chi connectivity index (χ1n) is 10.4. The van der Waals surface area contributed by atoms with Crippen molar-refractivity contribution in [2.45, 2.75) is 25.7 Å². The number of nitrogens with zero attached hydrogens (tertiary/aromatic N) is 1. The number of fused-ring (bicyclic) bond motifs is 3. The van der Waals surface area contributed by atoms with Gasteiger partial charge in [0.1, 0.15) is 5.75 Å². The zero-order valence-corrected chi connectivity index (χ0v) is 17.2. The van der Waals surface area contributed by atoms with Crippen LogP contribution in [-0.4, -0.2) is 39.4 Å². The van der Waals surface area contributed by atoms with Gasteiger partial charge in [-0.1, -0.05) is 29.8 Å². The minimum absolute atomic E-state index is 0.0351. The molecule has 3 N–H and O–H groups in total. The Morgan fingerprint density at radius 2 is 1.81 bits per heavy atom. The fourth-order valence-corrected chi connectivity index (χ4v) is 5.69. The number of benzene rings is 1. The number of ketones is 2. The third kappa shape index (κ3) is 2.58. The summed E-state index contributed by atoms with van der Waals surface area (Å²) < 4.78 is 0. The van der Waals surface area contributed by atoms with Crippen LogP contribution < -0.4 is 5.73 Å². The number of primary amides is 1. The molecular weight excluding hydrogens is 412 g/mol. The van der Waals surface area contributed by atoms with Crippen molar-refractivity contribution in [3.05, 3.63) is 64.3 Å². The lowest BCUT2D eigenvalue weighted by molar-refractivity contribution is -0.136. The largest absolute Gasteiger partial charge is 0.508 e. The number of carbonyl (C=O) groups is 5. The molecule has 1 saturated heterocycles. The number of imide groups is 3. The lowest BCUT2D eigenvalue weighted by Gasteiger charge is -2.42. The van der Waals surface area contributed by atoms with Gasteiger partial charge in [0.05, 0.1) is 11.8 Å². The van der Waals surface area contributed by atoms with E-state index in [1.807, 2.05) is 6.08 Å². The van der Waals surface area contributed by atoms with Gasteiger partial charge in [0.25, 0.3) is 0 Å². The molecule has 8 nitrogen and oxygen atoms in total. The first kappa shape index (κ1) is 20.1. The van der Waals surface area contributed by atoms with Gasteiger partial charge < -0.3 is 10.8 Å². The summed E-state index contributed by atoms with van der Waals surface area (Å²) in [6.45, 7) is 1.56. The third-order valence-corrected chi connectivity index (χ3v) is 7.03. The van der Waals surface area contributed by atoms with Crippen LogP contribution in [0.4, 0.5) is 4.79 Å². The molecule has 5 rings (SSSR count).